The molecular weight excluding hydrogens is 130 g/mol. The molecule has 1 N–H and O–H groups in total. The standard InChI is InChI=1S/C7H11NO2/c1-5(9)7(2)3-4-8-6(7)10/h3-4H2,1-2H3,(H,8,10). The molecule has 0 aromatic rings. The van der Waals surface area contributed by atoms with Crippen LogP contribution in [0, 0.1) is 5.41 Å². The van der Waals surface area contributed by atoms with Crippen LogP contribution in [0.25, 0.3) is 0 Å². The number of Topliss-reactive ketones (excluding diaryl/α,β-unsaturated/α-hetero) is 1. The van der Waals surface area contributed by atoms with Gasteiger partial charge < -0.3 is 5.32 Å². The second-order valence-electron chi connectivity index (χ2n) is 2.89. The van der Waals surface area contributed by atoms with Crippen molar-refractivity contribution in [3.8, 4) is 0 Å². The molecule has 3 nitrogen and oxygen atoms in total. The number of hydrogen-bond donors (Lipinski definition) is 1. The van der Waals surface area contributed by atoms with Crippen molar-refractivity contribution in [2.45, 2.75) is 20.3 Å². The summed E-state index contributed by atoms with van der Waals surface area (Å²) in [6, 6.07) is 0. The highest BCUT2D eigenvalue weighted by Gasteiger charge is 2.41. The van der Waals surface area contributed by atoms with Crippen LogP contribution in [-0.4, -0.2) is 18.2 Å². The summed E-state index contributed by atoms with van der Waals surface area (Å²) in [5, 5.41) is 2.63. The Labute approximate surface area is 59.8 Å². The number of rotatable bonds is 1. The number of carbonyl (C=O) groups excluding carboxylic acids is 2. The Bertz CT molecular complexity index is 188. The second kappa shape index (κ2) is 2.08. The first-order valence-corrected chi connectivity index (χ1v) is 3.37. The molecule has 1 aliphatic rings. The van der Waals surface area contributed by atoms with Gasteiger partial charge in [-0.1, -0.05) is 0 Å². The van der Waals surface area contributed by atoms with E-state index in [1.54, 1.807) is 6.92 Å². The van der Waals surface area contributed by atoms with Crippen LogP contribution in [-0.2, 0) is 9.59 Å². The molecule has 3 heteroatoms. The molecule has 1 atom stereocenters. The van der Waals surface area contributed by atoms with Crippen molar-refractivity contribution in [1.82, 2.24) is 5.32 Å². The van der Waals surface area contributed by atoms with Crippen molar-refractivity contribution in [1.29, 1.82) is 0 Å². The molecule has 56 valence electrons. The lowest BCUT2D eigenvalue weighted by Gasteiger charge is -2.14. The van der Waals surface area contributed by atoms with Gasteiger partial charge in [0.15, 0.2) is 0 Å². The molecule has 1 aliphatic heterocycles. The molecule has 1 amide bonds. The van der Waals surface area contributed by atoms with Crippen LogP contribution in [0.3, 0.4) is 0 Å². The van der Waals surface area contributed by atoms with E-state index < -0.39 is 5.41 Å². The van der Waals surface area contributed by atoms with E-state index in [-0.39, 0.29) is 11.7 Å². The molecule has 10 heavy (non-hydrogen) atoms. The normalized spacial score (nSPS) is 32.0. The monoisotopic (exact) mass is 141 g/mol. The van der Waals surface area contributed by atoms with E-state index in [1.165, 1.54) is 6.92 Å². The Morgan fingerprint density at radius 3 is 2.50 bits per heavy atom. The Kier molecular flexibility index (Phi) is 1.50. The molecule has 0 saturated carbocycles. The van der Waals surface area contributed by atoms with E-state index in [4.69, 9.17) is 0 Å². The van der Waals surface area contributed by atoms with Gasteiger partial charge in [0.05, 0.1) is 0 Å². The molecule has 1 rings (SSSR count). The van der Waals surface area contributed by atoms with E-state index in [0.717, 1.165) is 0 Å². The van der Waals surface area contributed by atoms with Crippen molar-refractivity contribution in [3.05, 3.63) is 0 Å². The van der Waals surface area contributed by atoms with Gasteiger partial charge in [-0.05, 0) is 20.3 Å². The molecular formula is C7H11NO2. The topological polar surface area (TPSA) is 46.2 Å². The summed E-state index contributed by atoms with van der Waals surface area (Å²) in [4.78, 5) is 21.9. The predicted molar refractivity (Wildman–Crippen MR) is 36.4 cm³/mol. The molecule has 0 aromatic heterocycles. The first kappa shape index (κ1) is 7.25. The van der Waals surface area contributed by atoms with Crippen LogP contribution in [0.4, 0.5) is 0 Å². The highest BCUT2D eigenvalue weighted by Crippen LogP contribution is 2.26. The molecule has 0 aliphatic carbocycles. The third-order valence-electron chi connectivity index (χ3n) is 2.19. The fourth-order valence-electron chi connectivity index (χ4n) is 1.07. The van der Waals surface area contributed by atoms with Crippen LogP contribution >= 0.6 is 0 Å². The van der Waals surface area contributed by atoms with Crippen LogP contribution in [0.2, 0.25) is 0 Å². The minimum Gasteiger partial charge on any atom is -0.355 e. The number of amides is 1. The molecule has 1 heterocycles. The molecule has 0 spiro atoms. The zero-order chi connectivity index (χ0) is 7.78. The number of nitrogens with one attached hydrogen (secondary N) is 1. The van der Waals surface area contributed by atoms with Gasteiger partial charge in [-0.3, -0.25) is 9.59 Å². The van der Waals surface area contributed by atoms with Crippen molar-refractivity contribution in [2.24, 2.45) is 5.41 Å². The number of hydrogen-bond acceptors (Lipinski definition) is 2. The fourth-order valence-corrected chi connectivity index (χ4v) is 1.07. The van der Waals surface area contributed by atoms with E-state index in [9.17, 15) is 9.59 Å². The van der Waals surface area contributed by atoms with Crippen LogP contribution in [0.1, 0.15) is 20.3 Å². The largest absolute Gasteiger partial charge is 0.355 e. The average molecular weight is 141 g/mol. The summed E-state index contributed by atoms with van der Waals surface area (Å²) in [6.45, 7) is 3.79. The summed E-state index contributed by atoms with van der Waals surface area (Å²) in [5.74, 6) is -0.164. The molecule has 1 unspecified atom stereocenters. The molecule has 0 aromatic carbocycles. The lowest BCUT2D eigenvalue weighted by Crippen LogP contribution is -2.34. The van der Waals surface area contributed by atoms with Gasteiger partial charge in [-0.2, -0.15) is 0 Å². The number of carbonyl (C=O) groups is 2. The van der Waals surface area contributed by atoms with E-state index in [0.29, 0.717) is 13.0 Å². The molecule has 0 bridgehead atoms. The van der Waals surface area contributed by atoms with E-state index >= 15 is 0 Å². The Hall–Kier alpha value is -0.860. The van der Waals surface area contributed by atoms with Crippen LogP contribution < -0.4 is 5.32 Å². The molecule has 1 saturated heterocycles. The number of ketones is 1. The van der Waals surface area contributed by atoms with Gasteiger partial charge in [0.2, 0.25) is 5.91 Å². The summed E-state index contributed by atoms with van der Waals surface area (Å²) in [5.41, 5.74) is -0.736. The van der Waals surface area contributed by atoms with Crippen LogP contribution in [0.15, 0.2) is 0 Å². The zero-order valence-electron chi connectivity index (χ0n) is 6.23. The lowest BCUT2D eigenvalue weighted by molar-refractivity contribution is -0.137. The third-order valence-corrected chi connectivity index (χ3v) is 2.19. The van der Waals surface area contributed by atoms with Gasteiger partial charge in [-0.15, -0.1) is 0 Å². The molecule has 1 fully saturated rings. The Morgan fingerprint density at radius 2 is 2.30 bits per heavy atom. The summed E-state index contributed by atoms with van der Waals surface area (Å²) in [7, 11) is 0. The van der Waals surface area contributed by atoms with Gasteiger partial charge in [0, 0.05) is 6.54 Å². The highest BCUT2D eigenvalue weighted by molar-refractivity contribution is 6.05. The summed E-state index contributed by atoms with van der Waals surface area (Å²) >= 11 is 0. The fraction of sp³-hybridized carbons (Fsp3) is 0.714. The maximum atomic E-state index is 11.0. The van der Waals surface area contributed by atoms with Gasteiger partial charge in [0.1, 0.15) is 11.2 Å². The van der Waals surface area contributed by atoms with Crippen molar-refractivity contribution in [3.63, 3.8) is 0 Å². The Morgan fingerprint density at radius 1 is 1.70 bits per heavy atom. The zero-order valence-corrected chi connectivity index (χ0v) is 6.23. The first-order chi connectivity index (χ1) is 4.57. The van der Waals surface area contributed by atoms with E-state index in [1.807, 2.05) is 0 Å². The van der Waals surface area contributed by atoms with Crippen molar-refractivity contribution in [2.75, 3.05) is 6.54 Å². The SMILES string of the molecule is CC(=O)C1(C)CCNC1=O. The van der Waals surface area contributed by atoms with Gasteiger partial charge in [-0.25, -0.2) is 0 Å². The van der Waals surface area contributed by atoms with E-state index in [2.05, 4.69) is 5.32 Å². The minimum atomic E-state index is -0.736. The third kappa shape index (κ3) is 0.818. The van der Waals surface area contributed by atoms with Gasteiger partial charge >= 0.3 is 0 Å². The van der Waals surface area contributed by atoms with Crippen molar-refractivity contribution < 1.29 is 9.59 Å². The van der Waals surface area contributed by atoms with Gasteiger partial charge in [0.25, 0.3) is 0 Å². The average Bonchev–Trinajstić information content (AvgIpc) is 2.15. The Balaban J connectivity index is 2.86. The van der Waals surface area contributed by atoms with Crippen molar-refractivity contribution >= 4 is 11.7 Å². The maximum Gasteiger partial charge on any atom is 0.233 e. The minimum absolute atomic E-state index is 0.0394. The van der Waals surface area contributed by atoms with Crippen LogP contribution in [0.5, 0.6) is 0 Å². The highest BCUT2D eigenvalue weighted by atomic mass is 16.2. The lowest BCUT2D eigenvalue weighted by atomic mass is 9.85. The predicted octanol–water partition coefficient (Wildman–Crippen LogP) is 0.102. The first-order valence-electron chi connectivity index (χ1n) is 3.37. The summed E-state index contributed by atoms with van der Waals surface area (Å²) in [6.07, 6.45) is 0.640. The summed E-state index contributed by atoms with van der Waals surface area (Å²) < 4.78 is 0. The second-order valence-corrected chi connectivity index (χ2v) is 2.89. The quantitative estimate of drug-likeness (QED) is 0.526. The smallest absolute Gasteiger partial charge is 0.233 e. The molecule has 0 radical (unpaired) electrons. The maximum absolute atomic E-state index is 11.0.